The summed E-state index contributed by atoms with van der Waals surface area (Å²) in [5.74, 6) is 1.74. The molecule has 0 bridgehead atoms. The van der Waals surface area contributed by atoms with Crippen LogP contribution in [0.1, 0.15) is 18.1 Å². The van der Waals surface area contributed by atoms with Gasteiger partial charge < -0.3 is 9.47 Å². The molecule has 0 fully saturated rings. The molecule has 0 unspecified atom stereocenters. The molecule has 2 aromatic carbocycles. The maximum absolute atomic E-state index is 11.9. The molecule has 0 aliphatic rings. The third kappa shape index (κ3) is 7.59. The van der Waals surface area contributed by atoms with E-state index in [0.29, 0.717) is 30.5 Å². The van der Waals surface area contributed by atoms with Crippen molar-refractivity contribution in [3.8, 4) is 11.5 Å². The van der Waals surface area contributed by atoms with E-state index in [0.717, 1.165) is 11.1 Å². The Morgan fingerprint density at radius 3 is 2.67 bits per heavy atom. The zero-order valence-corrected chi connectivity index (χ0v) is 17.4. The van der Waals surface area contributed by atoms with E-state index in [1.165, 1.54) is 30.1 Å². The maximum Gasteiger partial charge on any atom is 0.269 e. The minimum Gasteiger partial charge on any atom is -0.490 e. The predicted molar refractivity (Wildman–Crippen MR) is 118 cm³/mol. The number of rotatable bonds is 12. The highest BCUT2D eigenvalue weighted by Crippen LogP contribution is 2.28. The van der Waals surface area contributed by atoms with Gasteiger partial charge in [0.2, 0.25) is 5.91 Å². The second-order valence-corrected chi connectivity index (χ2v) is 6.93. The van der Waals surface area contributed by atoms with Crippen molar-refractivity contribution >= 4 is 29.6 Å². The molecule has 2 rings (SSSR count). The normalized spacial score (nSPS) is 10.6. The molecule has 0 aromatic heterocycles. The van der Waals surface area contributed by atoms with E-state index >= 15 is 0 Å². The second kappa shape index (κ2) is 12.3. The third-order valence-corrected chi connectivity index (χ3v) is 4.68. The Morgan fingerprint density at radius 2 is 2.00 bits per heavy atom. The SMILES string of the molecule is C=CCOc1ccc(/C=N/NC(=O)CSCc2ccc([N+](=O)[O-])cc2)cc1OCC. The lowest BCUT2D eigenvalue weighted by Gasteiger charge is -2.11. The van der Waals surface area contributed by atoms with Gasteiger partial charge in [-0.15, -0.1) is 11.8 Å². The summed E-state index contributed by atoms with van der Waals surface area (Å²) in [6.07, 6.45) is 3.18. The zero-order valence-electron chi connectivity index (χ0n) is 16.6. The minimum atomic E-state index is -0.443. The summed E-state index contributed by atoms with van der Waals surface area (Å²) in [5, 5.41) is 14.6. The number of carbonyl (C=O) groups excluding carboxylic acids is 1. The quantitative estimate of drug-likeness (QED) is 0.237. The highest BCUT2D eigenvalue weighted by Gasteiger charge is 2.07. The molecule has 2 aromatic rings. The number of hydrogen-bond donors (Lipinski definition) is 1. The average Bonchev–Trinajstić information content (AvgIpc) is 2.74. The van der Waals surface area contributed by atoms with Crippen molar-refractivity contribution in [3.05, 3.63) is 76.4 Å². The smallest absolute Gasteiger partial charge is 0.269 e. The van der Waals surface area contributed by atoms with E-state index in [1.807, 2.05) is 6.92 Å². The van der Waals surface area contributed by atoms with Crippen LogP contribution in [0.2, 0.25) is 0 Å². The predicted octanol–water partition coefficient (Wildman–Crippen LogP) is 3.94. The number of ether oxygens (including phenoxy) is 2. The Hall–Kier alpha value is -3.33. The number of carbonyl (C=O) groups is 1. The standard InChI is InChI=1S/C21H23N3O5S/c1-3-11-29-19-10-7-17(12-20(19)28-4-2)13-22-23-21(25)15-30-14-16-5-8-18(9-6-16)24(26)27/h3,5-10,12-13H,1,4,11,14-15H2,2H3,(H,23,25)/b22-13+. The molecule has 1 N–H and O–H groups in total. The van der Waals surface area contributed by atoms with Gasteiger partial charge in [0.05, 0.1) is 23.5 Å². The molecule has 9 heteroatoms. The molecule has 0 atom stereocenters. The summed E-state index contributed by atoms with van der Waals surface area (Å²) < 4.78 is 11.1. The van der Waals surface area contributed by atoms with Gasteiger partial charge in [0.25, 0.3) is 5.69 Å². The number of hydrogen-bond acceptors (Lipinski definition) is 7. The van der Waals surface area contributed by atoms with Gasteiger partial charge in [-0.2, -0.15) is 5.10 Å². The van der Waals surface area contributed by atoms with Crippen molar-refractivity contribution in [3.63, 3.8) is 0 Å². The molecule has 1 amide bonds. The summed E-state index contributed by atoms with van der Waals surface area (Å²) >= 11 is 1.39. The van der Waals surface area contributed by atoms with Crippen LogP contribution in [0.4, 0.5) is 5.69 Å². The van der Waals surface area contributed by atoms with E-state index in [-0.39, 0.29) is 17.3 Å². The number of hydrazone groups is 1. The first-order valence-corrected chi connectivity index (χ1v) is 10.3. The van der Waals surface area contributed by atoms with Gasteiger partial charge in [-0.3, -0.25) is 14.9 Å². The molecule has 0 spiro atoms. The maximum atomic E-state index is 11.9. The number of nitro groups is 1. The molecule has 30 heavy (non-hydrogen) atoms. The van der Waals surface area contributed by atoms with Crippen LogP contribution < -0.4 is 14.9 Å². The summed E-state index contributed by atoms with van der Waals surface area (Å²) in [4.78, 5) is 22.1. The summed E-state index contributed by atoms with van der Waals surface area (Å²) in [5.41, 5.74) is 4.18. The lowest BCUT2D eigenvalue weighted by atomic mass is 10.2. The van der Waals surface area contributed by atoms with E-state index in [1.54, 1.807) is 36.4 Å². The van der Waals surface area contributed by atoms with Gasteiger partial charge in [-0.25, -0.2) is 5.43 Å². The van der Waals surface area contributed by atoms with E-state index in [9.17, 15) is 14.9 Å². The van der Waals surface area contributed by atoms with Gasteiger partial charge in [0, 0.05) is 17.9 Å². The molecule has 0 aliphatic carbocycles. The van der Waals surface area contributed by atoms with Crippen LogP contribution in [-0.4, -0.2) is 36.0 Å². The summed E-state index contributed by atoms with van der Waals surface area (Å²) in [6, 6.07) is 11.6. The lowest BCUT2D eigenvalue weighted by Crippen LogP contribution is -2.19. The van der Waals surface area contributed by atoms with Gasteiger partial charge in [-0.1, -0.05) is 24.8 Å². The Kier molecular flexibility index (Phi) is 9.39. The lowest BCUT2D eigenvalue weighted by molar-refractivity contribution is -0.384. The fraction of sp³-hybridized carbons (Fsp3) is 0.238. The molecule has 0 heterocycles. The number of thioether (sulfide) groups is 1. The average molecular weight is 429 g/mol. The van der Waals surface area contributed by atoms with Crippen LogP contribution in [0.5, 0.6) is 11.5 Å². The van der Waals surface area contributed by atoms with E-state index in [2.05, 4.69) is 17.1 Å². The number of nitrogens with zero attached hydrogens (tertiary/aromatic N) is 2. The molecule has 158 valence electrons. The van der Waals surface area contributed by atoms with Crippen molar-refractivity contribution in [1.29, 1.82) is 0 Å². The Balaban J connectivity index is 1.81. The van der Waals surface area contributed by atoms with Gasteiger partial charge in [-0.05, 0) is 36.2 Å². The van der Waals surface area contributed by atoms with Crippen LogP contribution in [0, 0.1) is 10.1 Å². The van der Waals surface area contributed by atoms with Crippen molar-refractivity contribution in [1.82, 2.24) is 5.43 Å². The first-order chi connectivity index (χ1) is 14.5. The largest absolute Gasteiger partial charge is 0.490 e. The number of benzene rings is 2. The van der Waals surface area contributed by atoms with Crippen molar-refractivity contribution in [2.24, 2.45) is 5.10 Å². The zero-order chi connectivity index (χ0) is 21.8. The second-order valence-electron chi connectivity index (χ2n) is 5.95. The monoisotopic (exact) mass is 429 g/mol. The minimum absolute atomic E-state index is 0.0450. The molecular formula is C21H23N3O5S. The Bertz CT molecular complexity index is 900. The van der Waals surface area contributed by atoms with Gasteiger partial charge >= 0.3 is 0 Å². The van der Waals surface area contributed by atoms with Crippen LogP contribution in [0.25, 0.3) is 0 Å². The van der Waals surface area contributed by atoms with Crippen molar-refractivity contribution in [2.45, 2.75) is 12.7 Å². The molecule has 0 saturated heterocycles. The first-order valence-electron chi connectivity index (χ1n) is 9.17. The highest BCUT2D eigenvalue weighted by molar-refractivity contribution is 7.99. The summed E-state index contributed by atoms with van der Waals surface area (Å²) in [7, 11) is 0. The molecule has 0 radical (unpaired) electrons. The fourth-order valence-electron chi connectivity index (χ4n) is 2.33. The van der Waals surface area contributed by atoms with Gasteiger partial charge in [0.15, 0.2) is 11.5 Å². The van der Waals surface area contributed by atoms with E-state index in [4.69, 9.17) is 9.47 Å². The molecular weight excluding hydrogens is 406 g/mol. The first kappa shape index (κ1) is 23.0. The topological polar surface area (TPSA) is 103 Å². The number of nitrogens with one attached hydrogen (secondary N) is 1. The molecule has 8 nitrogen and oxygen atoms in total. The third-order valence-electron chi connectivity index (χ3n) is 3.68. The van der Waals surface area contributed by atoms with Crippen molar-refractivity contribution < 1.29 is 19.2 Å². The van der Waals surface area contributed by atoms with Crippen LogP contribution in [-0.2, 0) is 10.5 Å². The Morgan fingerprint density at radius 1 is 1.23 bits per heavy atom. The fourth-order valence-corrected chi connectivity index (χ4v) is 3.11. The number of non-ortho nitro benzene ring substituents is 1. The molecule has 0 saturated carbocycles. The summed E-state index contributed by atoms with van der Waals surface area (Å²) in [6.45, 7) is 6.37. The number of nitro benzene ring substituents is 1. The van der Waals surface area contributed by atoms with Crippen LogP contribution >= 0.6 is 11.8 Å². The van der Waals surface area contributed by atoms with Crippen molar-refractivity contribution in [2.75, 3.05) is 19.0 Å². The molecule has 0 aliphatic heterocycles. The van der Waals surface area contributed by atoms with E-state index < -0.39 is 4.92 Å². The van der Waals surface area contributed by atoms with Crippen LogP contribution in [0.15, 0.2) is 60.2 Å². The van der Waals surface area contributed by atoms with Gasteiger partial charge in [0.1, 0.15) is 6.61 Å². The highest BCUT2D eigenvalue weighted by atomic mass is 32.2. The number of amides is 1. The Labute approximate surface area is 179 Å². The van der Waals surface area contributed by atoms with Crippen LogP contribution in [0.3, 0.4) is 0 Å².